The third kappa shape index (κ3) is 4.88. The maximum Gasteiger partial charge on any atom is 0.418 e. The van der Waals surface area contributed by atoms with E-state index in [1.807, 2.05) is 0 Å². The maximum atomic E-state index is 13.0. The zero-order valence-corrected chi connectivity index (χ0v) is 14.5. The molecule has 0 unspecified atom stereocenters. The van der Waals surface area contributed by atoms with Gasteiger partial charge in [0.2, 0.25) is 0 Å². The van der Waals surface area contributed by atoms with Crippen molar-refractivity contribution in [3.05, 3.63) is 71.4 Å². The number of rotatable bonds is 5. The molecule has 0 radical (unpaired) electrons. The molecule has 0 aliphatic rings. The van der Waals surface area contributed by atoms with Crippen molar-refractivity contribution >= 4 is 23.3 Å². The van der Waals surface area contributed by atoms with Crippen molar-refractivity contribution in [1.82, 2.24) is 0 Å². The van der Waals surface area contributed by atoms with Crippen LogP contribution in [0.3, 0.4) is 0 Å². The molecular weight excluding hydrogens is 375 g/mol. The first-order valence-corrected chi connectivity index (χ1v) is 7.79. The lowest BCUT2D eigenvalue weighted by molar-refractivity contribution is -0.136. The second kappa shape index (κ2) is 8.73. The number of esters is 1. The van der Waals surface area contributed by atoms with Crippen molar-refractivity contribution in [2.45, 2.75) is 6.18 Å². The standard InChI is InChI=1S/C19H14F3N3O3/c1-28-18(27)13-6-2-4-8-15(13)25-17(26)12(10-23)11-24-16-9-5-3-7-14(16)19(20,21)22/h2-9,11,24H,1H3,(H,25,26)/b12-11-. The summed E-state index contributed by atoms with van der Waals surface area (Å²) in [6, 6.07) is 12.2. The minimum atomic E-state index is -4.61. The maximum absolute atomic E-state index is 13.0. The Bertz CT molecular complexity index is 963. The first-order valence-electron chi connectivity index (χ1n) is 7.79. The lowest BCUT2D eigenvalue weighted by Crippen LogP contribution is -2.17. The molecule has 0 aromatic heterocycles. The largest absolute Gasteiger partial charge is 0.465 e. The predicted octanol–water partition coefficient (Wildman–Crippen LogP) is 3.95. The molecule has 28 heavy (non-hydrogen) atoms. The number of benzene rings is 2. The Kier molecular flexibility index (Phi) is 6.39. The van der Waals surface area contributed by atoms with Crippen molar-refractivity contribution in [2.75, 3.05) is 17.7 Å². The average molecular weight is 389 g/mol. The van der Waals surface area contributed by atoms with E-state index in [-0.39, 0.29) is 16.9 Å². The van der Waals surface area contributed by atoms with Gasteiger partial charge in [-0.15, -0.1) is 0 Å². The number of hydrogen-bond acceptors (Lipinski definition) is 5. The fraction of sp³-hybridized carbons (Fsp3) is 0.105. The summed E-state index contributed by atoms with van der Waals surface area (Å²) in [5.41, 5.74) is -1.59. The number of amides is 1. The van der Waals surface area contributed by atoms with Crippen LogP contribution in [-0.4, -0.2) is 19.0 Å². The normalized spacial score (nSPS) is 11.3. The zero-order chi connectivity index (χ0) is 20.7. The summed E-state index contributed by atoms with van der Waals surface area (Å²) in [6.07, 6.45) is -3.74. The third-order valence-corrected chi connectivity index (χ3v) is 3.55. The number of methoxy groups -OCH3 is 1. The average Bonchev–Trinajstić information content (AvgIpc) is 2.68. The van der Waals surface area contributed by atoms with Gasteiger partial charge in [-0.1, -0.05) is 24.3 Å². The van der Waals surface area contributed by atoms with Crippen LogP contribution >= 0.6 is 0 Å². The minimum absolute atomic E-state index is 0.0611. The first-order chi connectivity index (χ1) is 13.3. The summed E-state index contributed by atoms with van der Waals surface area (Å²) in [4.78, 5) is 24.0. The molecule has 2 rings (SSSR count). The molecule has 144 valence electrons. The van der Waals surface area contributed by atoms with E-state index in [1.165, 1.54) is 37.4 Å². The number of ether oxygens (including phenoxy) is 1. The molecule has 9 heteroatoms. The van der Waals surface area contributed by atoms with Gasteiger partial charge in [-0.25, -0.2) is 4.79 Å². The second-order valence-electron chi connectivity index (χ2n) is 5.35. The van der Waals surface area contributed by atoms with Crippen LogP contribution in [-0.2, 0) is 15.7 Å². The number of anilines is 2. The van der Waals surface area contributed by atoms with E-state index in [9.17, 15) is 28.0 Å². The third-order valence-electron chi connectivity index (χ3n) is 3.55. The summed E-state index contributed by atoms with van der Waals surface area (Å²) in [5.74, 6) is -1.61. The van der Waals surface area contributed by atoms with Gasteiger partial charge in [-0.05, 0) is 24.3 Å². The van der Waals surface area contributed by atoms with E-state index < -0.39 is 29.2 Å². The number of para-hydroxylation sites is 2. The first kappa shape index (κ1) is 20.5. The molecule has 1 amide bonds. The van der Waals surface area contributed by atoms with Gasteiger partial charge in [0, 0.05) is 6.20 Å². The number of hydrogen-bond donors (Lipinski definition) is 2. The van der Waals surface area contributed by atoms with E-state index >= 15 is 0 Å². The number of halogens is 3. The SMILES string of the molecule is COC(=O)c1ccccc1NC(=O)/C(C#N)=C\Nc1ccccc1C(F)(F)F. The number of nitrogens with zero attached hydrogens (tertiary/aromatic N) is 1. The van der Waals surface area contributed by atoms with Gasteiger partial charge >= 0.3 is 12.1 Å². The van der Waals surface area contributed by atoms with Crippen molar-refractivity contribution in [1.29, 1.82) is 5.26 Å². The summed E-state index contributed by atoms with van der Waals surface area (Å²) in [6.45, 7) is 0. The van der Waals surface area contributed by atoms with Gasteiger partial charge in [0.1, 0.15) is 11.6 Å². The number of nitrogens with one attached hydrogen (secondary N) is 2. The molecule has 2 aromatic carbocycles. The number of carbonyl (C=O) groups excluding carboxylic acids is 2. The Morgan fingerprint density at radius 1 is 1.07 bits per heavy atom. The summed E-state index contributed by atoms with van der Waals surface area (Å²) >= 11 is 0. The highest BCUT2D eigenvalue weighted by Gasteiger charge is 2.33. The van der Waals surface area contributed by atoms with Crippen molar-refractivity contribution < 1.29 is 27.5 Å². The Hall–Kier alpha value is -3.80. The molecule has 0 bridgehead atoms. The monoisotopic (exact) mass is 389 g/mol. The lowest BCUT2D eigenvalue weighted by Gasteiger charge is -2.12. The molecule has 2 aromatic rings. The summed E-state index contributed by atoms with van der Waals surface area (Å²) < 4.78 is 43.6. The molecule has 0 aliphatic heterocycles. The second-order valence-corrected chi connectivity index (χ2v) is 5.35. The number of alkyl halides is 3. The minimum Gasteiger partial charge on any atom is -0.465 e. The molecule has 0 fully saturated rings. The Labute approximate surface area is 158 Å². The highest BCUT2D eigenvalue weighted by Crippen LogP contribution is 2.34. The fourth-order valence-electron chi connectivity index (χ4n) is 2.22. The van der Waals surface area contributed by atoms with Gasteiger partial charge < -0.3 is 15.4 Å². The van der Waals surface area contributed by atoms with Crippen molar-refractivity contribution in [3.63, 3.8) is 0 Å². The summed E-state index contributed by atoms with van der Waals surface area (Å²) in [5, 5.41) is 13.9. The highest BCUT2D eigenvalue weighted by atomic mass is 19.4. The van der Waals surface area contributed by atoms with E-state index in [1.54, 1.807) is 18.2 Å². The van der Waals surface area contributed by atoms with E-state index in [0.717, 1.165) is 12.3 Å². The van der Waals surface area contributed by atoms with E-state index in [0.29, 0.717) is 0 Å². The molecule has 0 aliphatic carbocycles. The van der Waals surface area contributed by atoms with Gasteiger partial charge in [-0.2, -0.15) is 18.4 Å². The Morgan fingerprint density at radius 2 is 1.68 bits per heavy atom. The van der Waals surface area contributed by atoms with Crippen LogP contribution in [0.1, 0.15) is 15.9 Å². The molecular formula is C19H14F3N3O3. The van der Waals surface area contributed by atoms with Gasteiger partial charge in [0.15, 0.2) is 0 Å². The molecule has 6 nitrogen and oxygen atoms in total. The van der Waals surface area contributed by atoms with Gasteiger partial charge in [0.25, 0.3) is 5.91 Å². The van der Waals surface area contributed by atoms with Crippen LogP contribution in [0, 0.1) is 11.3 Å². The van der Waals surface area contributed by atoms with Crippen LogP contribution in [0.25, 0.3) is 0 Å². The molecule has 0 heterocycles. The molecule has 0 spiro atoms. The Morgan fingerprint density at radius 3 is 2.29 bits per heavy atom. The van der Waals surface area contributed by atoms with Gasteiger partial charge in [-0.3, -0.25) is 4.79 Å². The number of nitriles is 1. The van der Waals surface area contributed by atoms with Crippen molar-refractivity contribution in [3.8, 4) is 6.07 Å². The fourth-order valence-corrected chi connectivity index (χ4v) is 2.22. The molecule has 0 saturated heterocycles. The van der Waals surface area contributed by atoms with E-state index in [2.05, 4.69) is 15.4 Å². The van der Waals surface area contributed by atoms with Crippen LogP contribution in [0.5, 0.6) is 0 Å². The zero-order valence-electron chi connectivity index (χ0n) is 14.5. The van der Waals surface area contributed by atoms with E-state index in [4.69, 9.17) is 0 Å². The highest BCUT2D eigenvalue weighted by molar-refractivity contribution is 6.09. The smallest absolute Gasteiger partial charge is 0.418 e. The van der Waals surface area contributed by atoms with Crippen LogP contribution in [0.15, 0.2) is 60.3 Å². The van der Waals surface area contributed by atoms with Crippen molar-refractivity contribution in [2.24, 2.45) is 0 Å². The molecule has 0 atom stereocenters. The summed E-state index contributed by atoms with van der Waals surface area (Å²) in [7, 11) is 1.17. The lowest BCUT2D eigenvalue weighted by atomic mass is 10.1. The van der Waals surface area contributed by atoms with Crippen LogP contribution in [0.2, 0.25) is 0 Å². The molecule has 0 saturated carbocycles. The van der Waals surface area contributed by atoms with Gasteiger partial charge in [0.05, 0.1) is 29.6 Å². The number of carbonyl (C=O) groups is 2. The van der Waals surface area contributed by atoms with Crippen LogP contribution in [0.4, 0.5) is 24.5 Å². The molecule has 2 N–H and O–H groups in total. The quantitative estimate of drug-likeness (QED) is 0.459. The van der Waals surface area contributed by atoms with Crippen LogP contribution < -0.4 is 10.6 Å². The predicted molar refractivity (Wildman–Crippen MR) is 95.2 cm³/mol. The Balaban J connectivity index is 2.25. The topological polar surface area (TPSA) is 91.2 Å².